The molecule has 0 aliphatic heterocycles. The van der Waals surface area contributed by atoms with E-state index in [4.69, 9.17) is 16.3 Å². The van der Waals surface area contributed by atoms with E-state index in [1.54, 1.807) is 0 Å². The average Bonchev–Trinajstić information content (AvgIpc) is 1.87. The molecule has 0 bridgehead atoms. The van der Waals surface area contributed by atoms with Crippen LogP contribution in [0.4, 0.5) is 0 Å². The van der Waals surface area contributed by atoms with Crippen molar-refractivity contribution in [2.24, 2.45) is 0 Å². The van der Waals surface area contributed by atoms with Gasteiger partial charge in [0, 0.05) is 5.88 Å². The van der Waals surface area contributed by atoms with Crippen LogP contribution >= 0.6 is 11.6 Å². The van der Waals surface area contributed by atoms with E-state index in [1.165, 1.54) is 0 Å². The molecular formula is C7H15Cl2NO. The van der Waals surface area contributed by atoms with Crippen LogP contribution in [-0.2, 0) is 4.74 Å². The Morgan fingerprint density at radius 1 is 1.45 bits per heavy atom. The Balaban J connectivity index is 0. The second-order valence-corrected chi connectivity index (χ2v) is 2.54. The van der Waals surface area contributed by atoms with E-state index >= 15 is 0 Å². The van der Waals surface area contributed by atoms with Crippen molar-refractivity contribution in [3.8, 4) is 0 Å². The molecule has 0 aliphatic rings. The summed E-state index contributed by atoms with van der Waals surface area (Å²) in [4.78, 5) is 0. The minimum absolute atomic E-state index is 0. The van der Waals surface area contributed by atoms with E-state index in [0.29, 0.717) is 12.5 Å². The van der Waals surface area contributed by atoms with Crippen molar-refractivity contribution in [2.45, 2.75) is 13.3 Å². The summed E-state index contributed by atoms with van der Waals surface area (Å²) in [7, 11) is 3.91. The molecule has 11 heavy (non-hydrogen) atoms. The van der Waals surface area contributed by atoms with Crippen molar-refractivity contribution < 1.29 is 21.7 Å². The molecular weight excluding hydrogens is 185 g/mol. The summed E-state index contributed by atoms with van der Waals surface area (Å²) in [6.07, 6.45) is 0.808. The fourth-order valence-electron chi connectivity index (χ4n) is 0.672. The van der Waals surface area contributed by atoms with Gasteiger partial charge in [0.25, 0.3) is 0 Å². The van der Waals surface area contributed by atoms with Crippen molar-refractivity contribution in [3.05, 3.63) is 0 Å². The molecule has 0 fully saturated rings. The summed E-state index contributed by atoms with van der Waals surface area (Å²) < 4.78 is 7.25. The number of ether oxygens (including phenoxy) is 1. The van der Waals surface area contributed by atoms with E-state index in [-0.39, 0.29) is 12.4 Å². The normalized spacial score (nSPS) is 8.36. The number of hydrogen-bond donors (Lipinski definition) is 0. The zero-order valence-corrected chi connectivity index (χ0v) is 8.74. The highest BCUT2D eigenvalue weighted by atomic mass is 35.5. The van der Waals surface area contributed by atoms with Gasteiger partial charge in [-0.05, 0) is 6.92 Å². The van der Waals surface area contributed by atoms with Crippen LogP contribution in [0.15, 0.2) is 0 Å². The highest BCUT2D eigenvalue weighted by molar-refractivity contribution is 6.18. The highest BCUT2D eigenvalue weighted by Gasteiger charge is 2.06. The Kier molecular flexibility index (Phi) is 10.1. The lowest BCUT2D eigenvalue weighted by Crippen LogP contribution is -3.00. The minimum Gasteiger partial charge on any atom is -1.00 e. The summed E-state index contributed by atoms with van der Waals surface area (Å²) in [5.74, 6) is 1.57. The van der Waals surface area contributed by atoms with Gasteiger partial charge in [-0.15, -0.1) is 11.6 Å². The third-order valence-electron chi connectivity index (χ3n) is 1.12. The van der Waals surface area contributed by atoms with E-state index < -0.39 is 0 Å². The molecule has 68 valence electrons. The van der Waals surface area contributed by atoms with Gasteiger partial charge < -0.3 is 17.1 Å². The number of halogens is 2. The van der Waals surface area contributed by atoms with Crippen molar-refractivity contribution >= 4 is 17.5 Å². The van der Waals surface area contributed by atoms with Gasteiger partial charge >= 0.3 is 5.90 Å². The molecule has 0 N–H and O–H groups in total. The van der Waals surface area contributed by atoms with Crippen molar-refractivity contribution in [3.63, 3.8) is 0 Å². The first-order valence-corrected chi connectivity index (χ1v) is 3.97. The Bertz CT molecular complexity index is 114. The molecule has 0 atom stereocenters. The molecule has 0 aromatic rings. The highest BCUT2D eigenvalue weighted by Crippen LogP contribution is 1.90. The van der Waals surface area contributed by atoms with Crippen LogP contribution in [0.1, 0.15) is 13.3 Å². The van der Waals surface area contributed by atoms with Crippen LogP contribution in [0.25, 0.3) is 0 Å². The van der Waals surface area contributed by atoms with Gasteiger partial charge in [-0.25, -0.2) is 4.58 Å². The van der Waals surface area contributed by atoms with Crippen LogP contribution in [0.3, 0.4) is 0 Å². The number of hydrogen-bond acceptors (Lipinski definition) is 1. The number of rotatable bonds is 3. The van der Waals surface area contributed by atoms with Gasteiger partial charge in [-0.3, -0.25) is 0 Å². The molecule has 0 aliphatic carbocycles. The first kappa shape index (κ1) is 13.6. The molecule has 0 amide bonds. The Labute approximate surface area is 79.6 Å². The van der Waals surface area contributed by atoms with Crippen LogP contribution < -0.4 is 12.4 Å². The number of alkyl halides is 1. The van der Waals surface area contributed by atoms with Gasteiger partial charge in [0.15, 0.2) is 0 Å². The Morgan fingerprint density at radius 3 is 2.27 bits per heavy atom. The molecule has 0 unspecified atom stereocenters. The largest absolute Gasteiger partial charge is 1.00 e. The van der Waals surface area contributed by atoms with Crippen LogP contribution in [-0.4, -0.2) is 37.1 Å². The third-order valence-corrected chi connectivity index (χ3v) is 1.31. The molecule has 0 heterocycles. The quantitative estimate of drug-likeness (QED) is 0.229. The van der Waals surface area contributed by atoms with E-state index in [9.17, 15) is 0 Å². The molecule has 0 aromatic carbocycles. The first-order valence-electron chi connectivity index (χ1n) is 3.44. The molecule has 0 rings (SSSR count). The average molecular weight is 200 g/mol. The Hall–Kier alpha value is 0.0500. The summed E-state index contributed by atoms with van der Waals surface area (Å²) in [6.45, 7) is 2.68. The molecule has 4 heteroatoms. The van der Waals surface area contributed by atoms with Crippen LogP contribution in [0.5, 0.6) is 0 Å². The zero-order chi connectivity index (χ0) is 7.98. The zero-order valence-electron chi connectivity index (χ0n) is 7.23. The van der Waals surface area contributed by atoms with E-state index in [1.807, 2.05) is 25.6 Å². The molecule has 0 spiro atoms. The second kappa shape index (κ2) is 8.15. The standard InChI is InChI=1S/C7H15ClNO.ClH/c1-4-10-7(5-6-8)9(2)3;/h4-6H2,1-3H3;1H/q+1;/p-1. The topological polar surface area (TPSA) is 12.2 Å². The van der Waals surface area contributed by atoms with Crippen molar-refractivity contribution in [2.75, 3.05) is 26.6 Å². The number of nitrogens with zero attached hydrogens (tertiary/aromatic N) is 1. The lowest BCUT2D eigenvalue weighted by molar-refractivity contribution is -0.475. The maximum absolute atomic E-state index is 5.55. The monoisotopic (exact) mass is 199 g/mol. The first-order chi connectivity index (χ1) is 4.72. The van der Waals surface area contributed by atoms with Crippen LogP contribution in [0, 0.1) is 0 Å². The van der Waals surface area contributed by atoms with Gasteiger partial charge in [-0.2, -0.15) is 0 Å². The maximum atomic E-state index is 5.55. The molecule has 2 nitrogen and oxygen atoms in total. The fraction of sp³-hybridized carbons (Fsp3) is 0.857. The molecule has 0 saturated carbocycles. The van der Waals surface area contributed by atoms with Gasteiger partial charge in [0.2, 0.25) is 0 Å². The summed E-state index contributed by atoms with van der Waals surface area (Å²) >= 11 is 5.55. The minimum atomic E-state index is 0. The van der Waals surface area contributed by atoms with Gasteiger partial charge in [-0.1, -0.05) is 0 Å². The maximum Gasteiger partial charge on any atom is 0.336 e. The van der Waals surface area contributed by atoms with Gasteiger partial charge in [0.1, 0.15) is 14.1 Å². The predicted octanol–water partition coefficient (Wildman–Crippen LogP) is -1.67. The lowest BCUT2D eigenvalue weighted by Gasteiger charge is -2.01. The summed E-state index contributed by atoms with van der Waals surface area (Å²) in [5.41, 5.74) is 0. The predicted molar refractivity (Wildman–Crippen MR) is 44.1 cm³/mol. The second-order valence-electron chi connectivity index (χ2n) is 2.16. The van der Waals surface area contributed by atoms with Crippen molar-refractivity contribution in [1.29, 1.82) is 0 Å². The van der Waals surface area contributed by atoms with E-state index in [0.717, 1.165) is 12.3 Å². The SMILES string of the molecule is CCOC(CCCl)=[N+](C)C.[Cl-]. The Morgan fingerprint density at radius 2 is 2.00 bits per heavy atom. The molecule has 0 saturated heterocycles. The van der Waals surface area contributed by atoms with Gasteiger partial charge in [0.05, 0.1) is 13.0 Å². The molecule has 0 radical (unpaired) electrons. The van der Waals surface area contributed by atoms with Crippen LogP contribution in [0.2, 0.25) is 0 Å². The lowest BCUT2D eigenvalue weighted by atomic mass is 10.5. The summed E-state index contributed by atoms with van der Waals surface area (Å²) in [6, 6.07) is 0. The van der Waals surface area contributed by atoms with E-state index in [2.05, 4.69) is 0 Å². The fourth-order valence-corrected chi connectivity index (χ4v) is 0.834. The summed E-state index contributed by atoms with van der Waals surface area (Å²) in [5, 5.41) is 0. The molecule has 0 aromatic heterocycles. The smallest absolute Gasteiger partial charge is 0.336 e. The third kappa shape index (κ3) is 6.45. The van der Waals surface area contributed by atoms with Crippen molar-refractivity contribution in [1.82, 2.24) is 0 Å².